The molecule has 2 aromatic rings. The number of carbonyl (C=O) groups is 2. The molecule has 0 aliphatic rings. The molecule has 1 amide bonds. The van der Waals surface area contributed by atoms with Gasteiger partial charge < -0.3 is 19.5 Å². The minimum absolute atomic E-state index is 0.187. The maximum absolute atomic E-state index is 12.3. The molecular weight excluding hydrogens is 370 g/mol. The first-order valence-electron chi connectivity index (χ1n) is 8.40. The summed E-state index contributed by atoms with van der Waals surface area (Å²) < 4.78 is 15.6. The van der Waals surface area contributed by atoms with E-state index in [4.69, 9.17) is 25.8 Å². The average molecular weight is 392 g/mol. The molecule has 27 heavy (non-hydrogen) atoms. The Morgan fingerprint density at radius 1 is 1.11 bits per heavy atom. The number of hydrogen-bond donors (Lipinski definition) is 1. The van der Waals surface area contributed by atoms with Crippen molar-refractivity contribution in [1.82, 2.24) is 0 Å². The van der Waals surface area contributed by atoms with Crippen LogP contribution in [0.5, 0.6) is 5.75 Å². The highest BCUT2D eigenvalue weighted by Crippen LogP contribution is 2.23. The van der Waals surface area contributed by atoms with Crippen LogP contribution in [0.4, 0.5) is 5.69 Å². The smallest absolute Gasteiger partial charge is 0.338 e. The van der Waals surface area contributed by atoms with Gasteiger partial charge in [0.1, 0.15) is 12.4 Å². The van der Waals surface area contributed by atoms with E-state index in [-0.39, 0.29) is 12.5 Å². The van der Waals surface area contributed by atoms with Crippen molar-refractivity contribution in [2.45, 2.75) is 20.0 Å². The molecule has 2 rings (SSSR count). The van der Waals surface area contributed by atoms with Crippen molar-refractivity contribution in [2.75, 3.05) is 25.6 Å². The fourth-order valence-corrected chi connectivity index (χ4v) is 2.45. The van der Waals surface area contributed by atoms with E-state index in [2.05, 4.69) is 5.32 Å². The molecule has 1 atom stereocenters. The zero-order valence-electron chi connectivity index (χ0n) is 15.5. The summed E-state index contributed by atoms with van der Waals surface area (Å²) in [4.78, 5) is 24.1. The van der Waals surface area contributed by atoms with Crippen molar-refractivity contribution in [3.05, 3.63) is 58.6 Å². The Morgan fingerprint density at radius 3 is 2.44 bits per heavy atom. The molecule has 7 heteroatoms. The molecule has 0 aliphatic heterocycles. The topological polar surface area (TPSA) is 73.9 Å². The Bertz CT molecular complexity index is 791. The summed E-state index contributed by atoms with van der Waals surface area (Å²) in [5, 5.41) is 3.36. The fraction of sp³-hybridized carbons (Fsp3) is 0.300. The normalized spacial score (nSPS) is 11.6. The number of carbonyl (C=O) groups excluding carboxylic acids is 2. The number of aryl methyl sites for hydroxylation is 1. The van der Waals surface area contributed by atoms with Crippen molar-refractivity contribution in [3.8, 4) is 5.75 Å². The molecule has 0 aromatic heterocycles. The quantitative estimate of drug-likeness (QED) is 0.546. The maximum Gasteiger partial charge on any atom is 0.338 e. The third kappa shape index (κ3) is 6.27. The van der Waals surface area contributed by atoms with Crippen molar-refractivity contribution in [2.24, 2.45) is 0 Å². The van der Waals surface area contributed by atoms with Gasteiger partial charge in [0.05, 0.1) is 12.2 Å². The predicted octanol–water partition coefficient (Wildman–Crippen LogP) is 3.86. The molecule has 6 nitrogen and oxygen atoms in total. The molecule has 0 aliphatic carbocycles. The second kappa shape index (κ2) is 9.94. The van der Waals surface area contributed by atoms with E-state index in [0.29, 0.717) is 28.6 Å². The highest BCUT2D eigenvalue weighted by atomic mass is 35.5. The summed E-state index contributed by atoms with van der Waals surface area (Å²) in [7, 11) is 1.53. The lowest BCUT2D eigenvalue weighted by Gasteiger charge is -2.16. The van der Waals surface area contributed by atoms with E-state index in [0.717, 1.165) is 5.56 Å². The second-order valence-electron chi connectivity index (χ2n) is 5.87. The monoisotopic (exact) mass is 391 g/mol. The number of esters is 1. The number of hydrogen-bond acceptors (Lipinski definition) is 5. The third-order valence-corrected chi connectivity index (χ3v) is 3.95. The number of nitrogens with one attached hydrogen (secondary N) is 1. The lowest BCUT2D eigenvalue weighted by atomic mass is 10.2. The summed E-state index contributed by atoms with van der Waals surface area (Å²) in [5.41, 5.74) is 1.79. The Labute approximate surface area is 163 Å². The van der Waals surface area contributed by atoms with Crippen LogP contribution in [0.1, 0.15) is 22.8 Å². The standard InChI is InChI=1S/C20H22ClNO5/c1-13-12-16(21)6-9-18(13)27-14(2)19(23)22-17-7-4-15(5-8-17)20(24)26-11-10-25-3/h4-9,12,14H,10-11H2,1-3H3,(H,22,23)/t14-/m1/s1. The molecule has 0 radical (unpaired) electrons. The highest BCUT2D eigenvalue weighted by molar-refractivity contribution is 6.30. The first kappa shape index (κ1) is 20.7. The van der Waals surface area contributed by atoms with Crippen molar-refractivity contribution in [3.63, 3.8) is 0 Å². The molecule has 0 saturated carbocycles. The zero-order chi connectivity index (χ0) is 19.8. The molecular formula is C20H22ClNO5. The van der Waals surface area contributed by atoms with Crippen LogP contribution in [0, 0.1) is 6.92 Å². The number of ether oxygens (including phenoxy) is 3. The summed E-state index contributed by atoms with van der Waals surface area (Å²) >= 11 is 5.92. The van der Waals surface area contributed by atoms with Crippen LogP contribution in [0.2, 0.25) is 5.02 Å². The Balaban J connectivity index is 1.91. The molecule has 0 heterocycles. The van der Waals surface area contributed by atoms with Gasteiger partial charge in [-0.3, -0.25) is 4.79 Å². The Morgan fingerprint density at radius 2 is 1.81 bits per heavy atom. The van der Waals surface area contributed by atoms with Gasteiger partial charge in [-0.2, -0.15) is 0 Å². The van der Waals surface area contributed by atoms with E-state index in [1.165, 1.54) is 7.11 Å². The van der Waals surface area contributed by atoms with E-state index in [1.807, 2.05) is 6.92 Å². The van der Waals surface area contributed by atoms with Crippen molar-refractivity contribution >= 4 is 29.2 Å². The number of methoxy groups -OCH3 is 1. The van der Waals surface area contributed by atoms with Crippen LogP contribution < -0.4 is 10.1 Å². The Kier molecular flexibility index (Phi) is 7.64. The number of amides is 1. The van der Waals surface area contributed by atoms with Gasteiger partial charge in [0.25, 0.3) is 5.91 Å². The van der Waals surface area contributed by atoms with Crippen LogP contribution in [-0.2, 0) is 14.3 Å². The van der Waals surface area contributed by atoms with Gasteiger partial charge in [-0.25, -0.2) is 4.79 Å². The van der Waals surface area contributed by atoms with Crippen LogP contribution in [-0.4, -0.2) is 38.3 Å². The molecule has 0 fully saturated rings. The lowest BCUT2D eigenvalue weighted by molar-refractivity contribution is -0.122. The minimum Gasteiger partial charge on any atom is -0.481 e. The predicted molar refractivity (Wildman–Crippen MR) is 104 cm³/mol. The van der Waals surface area contributed by atoms with E-state index in [9.17, 15) is 9.59 Å². The van der Waals surface area contributed by atoms with Crippen molar-refractivity contribution < 1.29 is 23.8 Å². The minimum atomic E-state index is -0.705. The van der Waals surface area contributed by atoms with Gasteiger partial charge in [-0.1, -0.05) is 11.6 Å². The molecule has 0 bridgehead atoms. The molecule has 0 saturated heterocycles. The SMILES string of the molecule is COCCOC(=O)c1ccc(NC(=O)[C@@H](C)Oc2ccc(Cl)cc2C)cc1. The van der Waals surface area contributed by atoms with Crippen molar-refractivity contribution in [1.29, 1.82) is 0 Å². The first-order valence-corrected chi connectivity index (χ1v) is 8.78. The number of halogens is 1. The average Bonchev–Trinajstić information content (AvgIpc) is 2.64. The van der Waals surface area contributed by atoms with Crippen LogP contribution >= 0.6 is 11.6 Å². The van der Waals surface area contributed by atoms with E-state index in [1.54, 1.807) is 49.4 Å². The molecule has 0 unspecified atom stereocenters. The van der Waals surface area contributed by atoms with Gasteiger partial charge in [-0.15, -0.1) is 0 Å². The summed E-state index contributed by atoms with van der Waals surface area (Å²) in [5.74, 6) is -0.157. The second-order valence-corrected chi connectivity index (χ2v) is 6.30. The summed E-state index contributed by atoms with van der Waals surface area (Å²) in [6.07, 6.45) is -0.705. The molecule has 144 valence electrons. The van der Waals surface area contributed by atoms with Gasteiger partial charge >= 0.3 is 5.97 Å². The number of benzene rings is 2. The summed E-state index contributed by atoms with van der Waals surface area (Å²) in [6.45, 7) is 4.04. The number of anilines is 1. The van der Waals surface area contributed by atoms with Gasteiger partial charge in [0.15, 0.2) is 6.10 Å². The third-order valence-electron chi connectivity index (χ3n) is 3.72. The largest absolute Gasteiger partial charge is 0.481 e. The van der Waals surface area contributed by atoms with Crippen LogP contribution in [0.3, 0.4) is 0 Å². The number of rotatable bonds is 8. The lowest BCUT2D eigenvalue weighted by Crippen LogP contribution is -2.30. The van der Waals surface area contributed by atoms with Gasteiger partial charge in [0, 0.05) is 17.8 Å². The highest BCUT2D eigenvalue weighted by Gasteiger charge is 2.16. The zero-order valence-corrected chi connectivity index (χ0v) is 16.2. The van der Waals surface area contributed by atoms with E-state index < -0.39 is 12.1 Å². The van der Waals surface area contributed by atoms with Crippen LogP contribution in [0.15, 0.2) is 42.5 Å². The van der Waals surface area contributed by atoms with Crippen LogP contribution in [0.25, 0.3) is 0 Å². The molecule has 2 aromatic carbocycles. The molecule has 0 spiro atoms. The maximum atomic E-state index is 12.3. The molecule has 1 N–H and O–H groups in total. The summed E-state index contributed by atoms with van der Waals surface area (Å²) in [6, 6.07) is 11.6. The van der Waals surface area contributed by atoms with Gasteiger partial charge in [0.2, 0.25) is 0 Å². The fourth-order valence-electron chi connectivity index (χ4n) is 2.22. The van der Waals surface area contributed by atoms with E-state index >= 15 is 0 Å². The van der Waals surface area contributed by atoms with Gasteiger partial charge in [-0.05, 0) is 61.9 Å². The Hall–Kier alpha value is -2.57. The first-order chi connectivity index (χ1) is 12.9.